The number of benzene rings is 1. The molecule has 5 heteroatoms. The van der Waals surface area contributed by atoms with Crippen molar-refractivity contribution in [1.29, 1.82) is 0 Å². The highest BCUT2D eigenvalue weighted by Gasteiger charge is 2.14. The molecule has 100 valence electrons. The number of carbonyl (C=O) groups excluding carboxylic acids is 1. The van der Waals surface area contributed by atoms with Crippen molar-refractivity contribution < 1.29 is 9.90 Å². The van der Waals surface area contributed by atoms with Gasteiger partial charge in [0.05, 0.1) is 9.13 Å². The molecule has 0 aliphatic heterocycles. The van der Waals surface area contributed by atoms with E-state index in [-0.39, 0.29) is 11.7 Å². The Kier molecular flexibility index (Phi) is 7.28. The van der Waals surface area contributed by atoms with E-state index in [0.717, 1.165) is 16.4 Å². The minimum absolute atomic E-state index is 0.0714. The van der Waals surface area contributed by atoms with Crippen LogP contribution < -0.4 is 5.32 Å². The first-order chi connectivity index (χ1) is 8.56. The number of aromatic hydroxyl groups is 1. The maximum atomic E-state index is 11.9. The van der Waals surface area contributed by atoms with Gasteiger partial charge in [0.15, 0.2) is 0 Å². The number of phenols is 1. The van der Waals surface area contributed by atoms with E-state index < -0.39 is 0 Å². The number of rotatable bonds is 6. The fraction of sp³-hybridized carbons (Fsp3) is 0.462. The van der Waals surface area contributed by atoms with Crippen molar-refractivity contribution in [2.75, 3.05) is 6.54 Å². The van der Waals surface area contributed by atoms with Crippen molar-refractivity contribution >= 4 is 51.1 Å². The van der Waals surface area contributed by atoms with Crippen LogP contribution in [0, 0.1) is 7.14 Å². The van der Waals surface area contributed by atoms with Gasteiger partial charge in [0.1, 0.15) is 5.75 Å². The topological polar surface area (TPSA) is 49.3 Å². The molecule has 0 aliphatic carbocycles. The zero-order chi connectivity index (χ0) is 13.5. The quantitative estimate of drug-likeness (QED) is 0.487. The molecule has 0 radical (unpaired) electrons. The van der Waals surface area contributed by atoms with E-state index in [4.69, 9.17) is 0 Å². The molecule has 0 fully saturated rings. The molecule has 1 rings (SSSR count). The van der Waals surface area contributed by atoms with Crippen LogP contribution in [0.2, 0.25) is 0 Å². The molecule has 1 aromatic carbocycles. The van der Waals surface area contributed by atoms with E-state index in [1.54, 1.807) is 6.07 Å². The summed E-state index contributed by atoms with van der Waals surface area (Å²) in [6.07, 6.45) is 4.50. The van der Waals surface area contributed by atoms with Crippen molar-refractivity contribution in [2.24, 2.45) is 0 Å². The van der Waals surface area contributed by atoms with Gasteiger partial charge in [0.2, 0.25) is 0 Å². The first-order valence-corrected chi connectivity index (χ1v) is 8.18. The summed E-state index contributed by atoms with van der Waals surface area (Å²) in [5.74, 6) is -0.123. The molecular weight excluding hydrogens is 456 g/mol. The SMILES string of the molecule is CCCCCCNC(=O)c1cc(I)cc(I)c1O. The van der Waals surface area contributed by atoms with Crippen LogP contribution in [0.25, 0.3) is 0 Å². The molecule has 18 heavy (non-hydrogen) atoms. The predicted octanol–water partition coefficient (Wildman–Crippen LogP) is 3.91. The Morgan fingerprint density at radius 2 is 2.00 bits per heavy atom. The number of carbonyl (C=O) groups is 1. The minimum Gasteiger partial charge on any atom is -0.506 e. The molecule has 0 spiro atoms. The van der Waals surface area contributed by atoms with E-state index in [1.807, 2.05) is 28.7 Å². The molecule has 2 N–H and O–H groups in total. The molecule has 0 unspecified atom stereocenters. The van der Waals surface area contributed by atoms with Gasteiger partial charge in [-0.25, -0.2) is 0 Å². The minimum atomic E-state index is -0.194. The molecule has 0 atom stereocenters. The summed E-state index contributed by atoms with van der Waals surface area (Å²) in [6, 6.07) is 3.55. The maximum Gasteiger partial charge on any atom is 0.255 e. The Labute approximate surface area is 135 Å². The standard InChI is InChI=1S/C13H17I2NO2/c1-2-3-4-5-6-16-13(18)10-7-9(14)8-11(15)12(10)17/h7-8,17H,2-6H2,1H3,(H,16,18). The average Bonchev–Trinajstić information content (AvgIpc) is 2.33. The first kappa shape index (κ1) is 16.0. The van der Waals surface area contributed by atoms with Gasteiger partial charge in [-0.1, -0.05) is 26.2 Å². The Bertz CT molecular complexity index is 422. The fourth-order valence-electron chi connectivity index (χ4n) is 1.59. The molecule has 0 bridgehead atoms. The zero-order valence-corrected chi connectivity index (χ0v) is 14.6. The largest absolute Gasteiger partial charge is 0.506 e. The van der Waals surface area contributed by atoms with E-state index in [0.29, 0.717) is 15.7 Å². The number of hydrogen-bond donors (Lipinski definition) is 2. The molecule has 1 amide bonds. The molecule has 0 saturated carbocycles. The lowest BCUT2D eigenvalue weighted by atomic mass is 10.1. The number of halogens is 2. The molecule has 0 aliphatic rings. The highest BCUT2D eigenvalue weighted by atomic mass is 127. The Morgan fingerprint density at radius 1 is 1.28 bits per heavy atom. The van der Waals surface area contributed by atoms with Gasteiger partial charge in [0, 0.05) is 10.1 Å². The highest BCUT2D eigenvalue weighted by molar-refractivity contribution is 14.1. The summed E-state index contributed by atoms with van der Waals surface area (Å²) in [4.78, 5) is 11.9. The monoisotopic (exact) mass is 473 g/mol. The van der Waals surface area contributed by atoms with Crippen LogP contribution in [0.4, 0.5) is 0 Å². The van der Waals surface area contributed by atoms with Crippen LogP contribution in [-0.2, 0) is 0 Å². The van der Waals surface area contributed by atoms with Crippen LogP contribution in [-0.4, -0.2) is 17.6 Å². The van der Waals surface area contributed by atoms with Gasteiger partial charge in [-0.15, -0.1) is 0 Å². The van der Waals surface area contributed by atoms with Gasteiger partial charge in [-0.2, -0.15) is 0 Å². The molecular formula is C13H17I2NO2. The van der Waals surface area contributed by atoms with E-state index in [2.05, 4.69) is 34.8 Å². The van der Waals surface area contributed by atoms with Crippen molar-refractivity contribution in [3.05, 3.63) is 24.8 Å². The van der Waals surface area contributed by atoms with Crippen molar-refractivity contribution in [3.63, 3.8) is 0 Å². The summed E-state index contributed by atoms with van der Waals surface area (Å²) in [5, 5.41) is 12.7. The number of hydrogen-bond acceptors (Lipinski definition) is 2. The lowest BCUT2D eigenvalue weighted by Crippen LogP contribution is -2.24. The normalized spacial score (nSPS) is 10.4. The van der Waals surface area contributed by atoms with Crippen LogP contribution in [0.1, 0.15) is 43.0 Å². The third-order valence-corrected chi connectivity index (χ3v) is 4.03. The van der Waals surface area contributed by atoms with E-state index in [1.165, 1.54) is 12.8 Å². The number of amides is 1. The van der Waals surface area contributed by atoms with Gasteiger partial charge >= 0.3 is 0 Å². The van der Waals surface area contributed by atoms with Crippen LogP contribution in [0.3, 0.4) is 0 Å². The van der Waals surface area contributed by atoms with Gasteiger partial charge in [-0.3, -0.25) is 4.79 Å². The number of phenolic OH excluding ortho intramolecular Hbond substituents is 1. The van der Waals surface area contributed by atoms with Crippen molar-refractivity contribution in [2.45, 2.75) is 32.6 Å². The Balaban J connectivity index is 2.56. The van der Waals surface area contributed by atoms with Crippen molar-refractivity contribution in [3.8, 4) is 5.75 Å². The predicted molar refractivity (Wildman–Crippen MR) is 90.0 cm³/mol. The van der Waals surface area contributed by atoms with Crippen LogP contribution in [0.5, 0.6) is 5.75 Å². The highest BCUT2D eigenvalue weighted by Crippen LogP contribution is 2.26. The first-order valence-electron chi connectivity index (χ1n) is 6.02. The molecule has 0 aromatic heterocycles. The number of nitrogens with one attached hydrogen (secondary N) is 1. The second kappa shape index (κ2) is 8.19. The summed E-state index contributed by atoms with van der Waals surface area (Å²) in [7, 11) is 0. The van der Waals surface area contributed by atoms with Crippen LogP contribution >= 0.6 is 45.2 Å². The van der Waals surface area contributed by atoms with E-state index >= 15 is 0 Å². The molecule has 3 nitrogen and oxygen atoms in total. The number of unbranched alkanes of at least 4 members (excludes halogenated alkanes) is 3. The molecule has 1 aromatic rings. The second-order valence-corrected chi connectivity index (χ2v) is 6.51. The van der Waals surface area contributed by atoms with Gasteiger partial charge in [0.25, 0.3) is 5.91 Å². The molecule has 0 heterocycles. The lowest BCUT2D eigenvalue weighted by molar-refractivity contribution is 0.0950. The summed E-state index contributed by atoms with van der Waals surface area (Å²) in [5.41, 5.74) is 0.363. The lowest BCUT2D eigenvalue weighted by Gasteiger charge is -2.08. The average molecular weight is 473 g/mol. The van der Waals surface area contributed by atoms with Crippen molar-refractivity contribution in [1.82, 2.24) is 5.32 Å². The second-order valence-electron chi connectivity index (χ2n) is 4.10. The van der Waals surface area contributed by atoms with Crippen LogP contribution in [0.15, 0.2) is 12.1 Å². The van der Waals surface area contributed by atoms with E-state index in [9.17, 15) is 9.90 Å². The van der Waals surface area contributed by atoms with Gasteiger partial charge < -0.3 is 10.4 Å². The summed E-state index contributed by atoms with van der Waals surface area (Å²) in [6.45, 7) is 2.82. The third kappa shape index (κ3) is 4.91. The molecule has 0 saturated heterocycles. The summed E-state index contributed by atoms with van der Waals surface area (Å²) >= 11 is 4.17. The Morgan fingerprint density at radius 3 is 2.67 bits per heavy atom. The van der Waals surface area contributed by atoms with Gasteiger partial charge in [-0.05, 0) is 63.7 Å². The Hall–Kier alpha value is -0.0500. The fourth-order valence-corrected chi connectivity index (χ4v) is 3.43. The third-order valence-electron chi connectivity index (χ3n) is 2.59. The summed E-state index contributed by atoms with van der Waals surface area (Å²) < 4.78 is 1.65. The smallest absolute Gasteiger partial charge is 0.255 e. The maximum absolute atomic E-state index is 11.9. The zero-order valence-electron chi connectivity index (χ0n) is 10.3.